The molecular formula is C21H29IN4O3+2. The molecule has 3 aliphatic rings. The van der Waals surface area contributed by atoms with Crippen molar-refractivity contribution in [2.45, 2.75) is 50.1 Å². The summed E-state index contributed by atoms with van der Waals surface area (Å²) in [5, 5.41) is 0. The summed E-state index contributed by atoms with van der Waals surface area (Å²) in [5.41, 5.74) is 6.03. The fourth-order valence-electron chi connectivity index (χ4n) is 5.39. The number of hydrogen-bond acceptors (Lipinski definition) is 3. The third kappa shape index (κ3) is 3.82. The molecule has 29 heavy (non-hydrogen) atoms. The van der Waals surface area contributed by atoms with E-state index in [9.17, 15) is 14.4 Å². The van der Waals surface area contributed by atoms with Gasteiger partial charge in [0.25, 0.3) is 11.8 Å². The molecule has 4 rings (SSSR count). The maximum atomic E-state index is 13.1. The summed E-state index contributed by atoms with van der Waals surface area (Å²) < 4.78 is 1.06. The van der Waals surface area contributed by atoms with Gasteiger partial charge in [0.1, 0.15) is 0 Å². The zero-order chi connectivity index (χ0) is 20.6. The predicted octanol–water partition coefficient (Wildman–Crippen LogP) is -1.11. The Morgan fingerprint density at radius 1 is 1.03 bits per heavy atom. The van der Waals surface area contributed by atoms with Crippen LogP contribution in [0.2, 0.25) is 0 Å². The number of anilines is 1. The van der Waals surface area contributed by atoms with Gasteiger partial charge in [0.2, 0.25) is 5.91 Å². The lowest BCUT2D eigenvalue weighted by atomic mass is 9.83. The number of rotatable bonds is 4. The number of benzene rings is 1. The third-order valence-electron chi connectivity index (χ3n) is 7.08. The number of carbonyl (C=O) groups excluding carboxylic acids is 3. The van der Waals surface area contributed by atoms with Crippen LogP contribution in [0.15, 0.2) is 24.3 Å². The van der Waals surface area contributed by atoms with Crippen LogP contribution in [0, 0.1) is 3.57 Å². The molecule has 3 amide bonds. The standard InChI is InChI=1S/C21H27IN4O3/c22-15-4-6-16(7-5-15)26-18(27)14-17(19(26)28)24-12-8-21(9-13-24,20(23)29)25-10-2-1-3-11-25/h4-7,17H,1-3,8-14H2,(H2,23,29)/p+2/t17-/m0/s1. The topological polar surface area (TPSA) is 89.3 Å². The summed E-state index contributed by atoms with van der Waals surface area (Å²) in [6.07, 6.45) is 5.12. The number of primary amides is 1. The van der Waals surface area contributed by atoms with Gasteiger partial charge in [0.05, 0.1) is 51.1 Å². The summed E-state index contributed by atoms with van der Waals surface area (Å²) >= 11 is 2.20. The maximum absolute atomic E-state index is 13.1. The summed E-state index contributed by atoms with van der Waals surface area (Å²) in [4.78, 5) is 41.9. The Morgan fingerprint density at radius 2 is 1.66 bits per heavy atom. The molecular weight excluding hydrogens is 483 g/mol. The molecule has 4 N–H and O–H groups in total. The second-order valence-corrected chi connectivity index (χ2v) is 9.81. The first-order valence-corrected chi connectivity index (χ1v) is 11.6. The van der Waals surface area contributed by atoms with Crippen LogP contribution in [0.1, 0.15) is 38.5 Å². The van der Waals surface area contributed by atoms with Crippen LogP contribution >= 0.6 is 22.6 Å². The van der Waals surface area contributed by atoms with Crippen molar-refractivity contribution in [1.29, 1.82) is 0 Å². The number of quaternary nitrogens is 2. The minimum absolute atomic E-state index is 0.122. The number of nitrogens with zero attached hydrogens (tertiary/aromatic N) is 1. The predicted molar refractivity (Wildman–Crippen MR) is 116 cm³/mol. The van der Waals surface area contributed by atoms with E-state index in [1.54, 1.807) is 0 Å². The SMILES string of the molecule is NC(=O)C1([NH+]2CCCCC2)CC[NH+]([C@H]2CC(=O)N(c3ccc(I)cc3)C2=O)CC1. The molecule has 0 radical (unpaired) electrons. The van der Waals surface area contributed by atoms with Gasteiger partial charge in [-0.3, -0.25) is 14.4 Å². The van der Waals surface area contributed by atoms with Gasteiger partial charge in [-0.1, -0.05) is 0 Å². The number of nitrogens with one attached hydrogen (secondary N) is 2. The van der Waals surface area contributed by atoms with Crippen molar-refractivity contribution < 1.29 is 24.2 Å². The second kappa shape index (κ2) is 8.31. The van der Waals surface area contributed by atoms with E-state index < -0.39 is 5.54 Å². The van der Waals surface area contributed by atoms with Gasteiger partial charge < -0.3 is 15.5 Å². The van der Waals surface area contributed by atoms with E-state index in [2.05, 4.69) is 22.6 Å². The lowest BCUT2D eigenvalue weighted by Crippen LogP contribution is -3.27. The molecule has 1 aromatic rings. The Kier molecular flexibility index (Phi) is 5.94. The van der Waals surface area contributed by atoms with E-state index in [0.29, 0.717) is 31.6 Å². The van der Waals surface area contributed by atoms with E-state index in [0.717, 1.165) is 34.4 Å². The number of imide groups is 1. The zero-order valence-electron chi connectivity index (χ0n) is 16.6. The van der Waals surface area contributed by atoms with Crippen molar-refractivity contribution in [3.05, 3.63) is 27.8 Å². The normalized spacial score (nSPS) is 31.3. The molecule has 156 valence electrons. The van der Waals surface area contributed by atoms with Crippen molar-refractivity contribution >= 4 is 46.0 Å². The lowest BCUT2D eigenvalue weighted by Gasteiger charge is -2.44. The average molecular weight is 512 g/mol. The highest BCUT2D eigenvalue weighted by molar-refractivity contribution is 14.1. The number of nitrogens with two attached hydrogens (primary N) is 1. The van der Waals surface area contributed by atoms with Crippen LogP contribution in [0.4, 0.5) is 5.69 Å². The van der Waals surface area contributed by atoms with Gasteiger partial charge in [-0.15, -0.1) is 0 Å². The molecule has 7 nitrogen and oxygen atoms in total. The molecule has 3 heterocycles. The van der Waals surface area contributed by atoms with Gasteiger partial charge in [-0.25, -0.2) is 4.90 Å². The Balaban J connectivity index is 1.47. The highest BCUT2D eigenvalue weighted by Crippen LogP contribution is 2.24. The van der Waals surface area contributed by atoms with Crippen LogP contribution in [-0.4, -0.2) is 55.5 Å². The van der Waals surface area contributed by atoms with E-state index in [1.807, 2.05) is 24.3 Å². The van der Waals surface area contributed by atoms with Crippen molar-refractivity contribution in [3.8, 4) is 0 Å². The minimum Gasteiger partial charge on any atom is -0.364 e. The average Bonchev–Trinajstić information content (AvgIpc) is 3.03. The molecule has 0 bridgehead atoms. The molecule has 8 heteroatoms. The van der Waals surface area contributed by atoms with E-state index in [1.165, 1.54) is 16.2 Å². The fraction of sp³-hybridized carbons (Fsp3) is 0.571. The smallest absolute Gasteiger partial charge is 0.292 e. The van der Waals surface area contributed by atoms with Gasteiger partial charge >= 0.3 is 0 Å². The van der Waals surface area contributed by atoms with Gasteiger partial charge in [0.15, 0.2) is 11.6 Å². The number of piperidine rings is 2. The first-order chi connectivity index (χ1) is 13.9. The minimum atomic E-state index is -0.509. The lowest BCUT2D eigenvalue weighted by molar-refractivity contribution is -0.978. The monoisotopic (exact) mass is 512 g/mol. The zero-order valence-corrected chi connectivity index (χ0v) is 18.7. The summed E-state index contributed by atoms with van der Waals surface area (Å²) in [7, 11) is 0. The van der Waals surface area contributed by atoms with E-state index >= 15 is 0 Å². The molecule has 3 fully saturated rings. The Labute approximate surface area is 184 Å². The van der Waals surface area contributed by atoms with E-state index in [4.69, 9.17) is 5.73 Å². The van der Waals surface area contributed by atoms with Crippen LogP contribution in [0.25, 0.3) is 0 Å². The number of likely N-dealkylation sites (tertiary alicyclic amines) is 2. The van der Waals surface area contributed by atoms with Gasteiger partial charge in [-0.2, -0.15) is 0 Å². The molecule has 3 aliphatic heterocycles. The Morgan fingerprint density at radius 3 is 2.24 bits per heavy atom. The molecule has 0 saturated carbocycles. The molecule has 0 unspecified atom stereocenters. The highest BCUT2D eigenvalue weighted by atomic mass is 127. The van der Waals surface area contributed by atoms with Crippen molar-refractivity contribution in [2.75, 3.05) is 31.1 Å². The summed E-state index contributed by atoms with van der Waals surface area (Å²) in [6.45, 7) is 3.41. The van der Waals surface area contributed by atoms with Crippen molar-refractivity contribution in [3.63, 3.8) is 0 Å². The molecule has 3 saturated heterocycles. The number of amides is 3. The van der Waals surface area contributed by atoms with Crippen LogP contribution in [0.5, 0.6) is 0 Å². The van der Waals surface area contributed by atoms with Crippen LogP contribution in [0.3, 0.4) is 0 Å². The Bertz CT molecular complexity index is 799. The van der Waals surface area contributed by atoms with Crippen molar-refractivity contribution in [1.82, 2.24) is 0 Å². The summed E-state index contributed by atoms with van der Waals surface area (Å²) in [5.74, 6) is -0.465. The van der Waals surface area contributed by atoms with Crippen LogP contribution < -0.4 is 20.4 Å². The van der Waals surface area contributed by atoms with Gasteiger partial charge in [0, 0.05) is 3.57 Å². The number of halogens is 1. The quantitative estimate of drug-likeness (QED) is 0.354. The number of hydrogen-bond donors (Lipinski definition) is 3. The fourth-order valence-corrected chi connectivity index (χ4v) is 5.75. The molecule has 1 atom stereocenters. The summed E-state index contributed by atoms with van der Waals surface area (Å²) in [6, 6.07) is 7.09. The first kappa shape index (κ1) is 20.7. The highest BCUT2D eigenvalue weighted by Gasteiger charge is 2.54. The Hall–Kier alpha value is -1.52. The second-order valence-electron chi connectivity index (χ2n) is 8.57. The number of carbonyl (C=O) groups is 3. The first-order valence-electron chi connectivity index (χ1n) is 10.5. The molecule has 0 aromatic heterocycles. The molecule has 0 aliphatic carbocycles. The van der Waals surface area contributed by atoms with E-state index in [-0.39, 0.29) is 30.2 Å². The van der Waals surface area contributed by atoms with Gasteiger partial charge in [-0.05, 0) is 66.1 Å². The molecule has 1 aromatic carbocycles. The maximum Gasteiger partial charge on any atom is 0.292 e. The van der Waals surface area contributed by atoms with Crippen LogP contribution in [-0.2, 0) is 14.4 Å². The molecule has 0 spiro atoms. The van der Waals surface area contributed by atoms with Crippen molar-refractivity contribution in [2.24, 2.45) is 5.73 Å². The third-order valence-corrected chi connectivity index (χ3v) is 7.79. The largest absolute Gasteiger partial charge is 0.364 e.